The van der Waals surface area contributed by atoms with Crippen LogP contribution in [0.15, 0.2) is 48.5 Å². The molecule has 6 heteroatoms. The van der Waals surface area contributed by atoms with E-state index in [9.17, 15) is 9.18 Å². The highest BCUT2D eigenvalue weighted by atomic mass is 35.5. The number of carbonyl (C=O) groups is 1. The standard InChI is InChI=1S/C21H19ClFN3O/c22-15-6-3-5-14(13-15)11-12-24-21(27)20-16-7-4-10-18(16)26(25-20)19-9-2-1-8-17(19)23/h1-3,5-6,8-9,13H,4,7,10-12H2,(H,24,27). The highest BCUT2D eigenvalue weighted by molar-refractivity contribution is 6.30. The lowest BCUT2D eigenvalue weighted by Crippen LogP contribution is -2.27. The van der Waals surface area contributed by atoms with E-state index in [1.54, 1.807) is 22.9 Å². The first-order chi connectivity index (χ1) is 13.1. The normalized spacial score (nSPS) is 12.8. The Morgan fingerprint density at radius 2 is 2.04 bits per heavy atom. The summed E-state index contributed by atoms with van der Waals surface area (Å²) in [5.41, 5.74) is 3.70. The molecule has 0 unspecified atom stereocenters. The summed E-state index contributed by atoms with van der Waals surface area (Å²) in [6.07, 6.45) is 3.22. The van der Waals surface area contributed by atoms with Crippen molar-refractivity contribution in [1.29, 1.82) is 0 Å². The fraction of sp³-hybridized carbons (Fsp3) is 0.238. The first-order valence-electron chi connectivity index (χ1n) is 9.02. The van der Waals surface area contributed by atoms with Gasteiger partial charge in [-0.2, -0.15) is 5.10 Å². The number of hydrogen-bond acceptors (Lipinski definition) is 2. The van der Waals surface area contributed by atoms with Gasteiger partial charge in [-0.25, -0.2) is 9.07 Å². The number of nitrogens with zero attached hydrogens (tertiary/aromatic N) is 2. The molecule has 1 aliphatic rings. The highest BCUT2D eigenvalue weighted by Crippen LogP contribution is 2.28. The lowest BCUT2D eigenvalue weighted by Gasteiger charge is -2.06. The molecule has 1 aromatic heterocycles. The lowest BCUT2D eigenvalue weighted by molar-refractivity contribution is 0.0948. The second-order valence-corrected chi connectivity index (χ2v) is 7.06. The first-order valence-corrected chi connectivity index (χ1v) is 9.39. The van der Waals surface area contributed by atoms with Crippen LogP contribution in [0.4, 0.5) is 4.39 Å². The minimum Gasteiger partial charge on any atom is -0.350 e. The molecule has 4 nitrogen and oxygen atoms in total. The SMILES string of the molecule is O=C(NCCc1cccc(Cl)c1)c1nn(-c2ccccc2F)c2c1CCC2. The number of para-hydroxylation sites is 1. The smallest absolute Gasteiger partial charge is 0.272 e. The number of nitrogens with one attached hydrogen (secondary N) is 1. The predicted octanol–water partition coefficient (Wildman–Crippen LogP) is 4.13. The van der Waals surface area contributed by atoms with Gasteiger partial charge >= 0.3 is 0 Å². The van der Waals surface area contributed by atoms with E-state index >= 15 is 0 Å². The highest BCUT2D eigenvalue weighted by Gasteiger charge is 2.27. The molecule has 1 N–H and O–H groups in total. The van der Waals surface area contributed by atoms with Gasteiger partial charge in [0.05, 0.1) is 0 Å². The van der Waals surface area contributed by atoms with E-state index in [2.05, 4.69) is 10.4 Å². The Morgan fingerprint density at radius 1 is 1.19 bits per heavy atom. The van der Waals surface area contributed by atoms with E-state index in [4.69, 9.17) is 11.6 Å². The molecular weight excluding hydrogens is 365 g/mol. The topological polar surface area (TPSA) is 46.9 Å². The maximum Gasteiger partial charge on any atom is 0.272 e. The van der Waals surface area contributed by atoms with Crippen LogP contribution in [0.1, 0.15) is 33.7 Å². The largest absolute Gasteiger partial charge is 0.350 e. The second kappa shape index (κ2) is 7.53. The van der Waals surface area contributed by atoms with Crippen molar-refractivity contribution in [3.63, 3.8) is 0 Å². The van der Waals surface area contributed by atoms with Gasteiger partial charge in [-0.15, -0.1) is 0 Å². The van der Waals surface area contributed by atoms with Crippen LogP contribution >= 0.6 is 11.6 Å². The number of aromatic nitrogens is 2. The van der Waals surface area contributed by atoms with Gasteiger partial charge in [-0.3, -0.25) is 4.79 Å². The fourth-order valence-electron chi connectivity index (χ4n) is 3.54. The number of amides is 1. The summed E-state index contributed by atoms with van der Waals surface area (Å²) in [5.74, 6) is -0.562. The molecule has 3 aromatic rings. The summed E-state index contributed by atoms with van der Waals surface area (Å²) < 4.78 is 15.8. The van der Waals surface area contributed by atoms with Gasteiger partial charge in [0.25, 0.3) is 5.91 Å². The molecular formula is C21H19ClFN3O. The summed E-state index contributed by atoms with van der Waals surface area (Å²) >= 11 is 5.99. The lowest BCUT2D eigenvalue weighted by atomic mass is 10.1. The van der Waals surface area contributed by atoms with Crippen molar-refractivity contribution in [2.45, 2.75) is 25.7 Å². The quantitative estimate of drug-likeness (QED) is 0.720. The van der Waals surface area contributed by atoms with Gasteiger partial charge in [0, 0.05) is 22.8 Å². The predicted molar refractivity (Wildman–Crippen MR) is 103 cm³/mol. The minimum atomic E-state index is -0.345. The molecule has 4 rings (SSSR count). The number of rotatable bonds is 5. The summed E-state index contributed by atoms with van der Waals surface area (Å²) in [4.78, 5) is 12.7. The molecule has 1 aliphatic carbocycles. The Balaban J connectivity index is 1.53. The number of benzene rings is 2. The zero-order valence-electron chi connectivity index (χ0n) is 14.7. The van der Waals surface area contributed by atoms with Gasteiger partial charge in [0.15, 0.2) is 5.69 Å². The Hall–Kier alpha value is -2.66. The van der Waals surface area contributed by atoms with Crippen molar-refractivity contribution in [3.8, 4) is 5.69 Å². The van der Waals surface area contributed by atoms with Crippen molar-refractivity contribution in [1.82, 2.24) is 15.1 Å². The molecule has 0 spiro atoms. The van der Waals surface area contributed by atoms with Gasteiger partial charge in [0.2, 0.25) is 0 Å². The molecule has 0 saturated heterocycles. The Bertz CT molecular complexity index is 999. The maximum atomic E-state index is 14.2. The zero-order valence-corrected chi connectivity index (χ0v) is 15.5. The van der Waals surface area contributed by atoms with E-state index in [0.717, 1.165) is 36.1 Å². The van der Waals surface area contributed by atoms with Gasteiger partial charge in [0.1, 0.15) is 11.5 Å². The van der Waals surface area contributed by atoms with Crippen molar-refractivity contribution >= 4 is 17.5 Å². The molecule has 27 heavy (non-hydrogen) atoms. The number of fused-ring (bicyclic) bond motifs is 1. The fourth-order valence-corrected chi connectivity index (χ4v) is 3.75. The second-order valence-electron chi connectivity index (χ2n) is 6.63. The molecule has 0 aliphatic heterocycles. The zero-order chi connectivity index (χ0) is 18.8. The molecule has 0 radical (unpaired) electrons. The summed E-state index contributed by atoms with van der Waals surface area (Å²) in [6.45, 7) is 0.487. The number of hydrogen-bond donors (Lipinski definition) is 1. The van der Waals surface area contributed by atoms with Crippen LogP contribution in [0.3, 0.4) is 0 Å². The van der Waals surface area contributed by atoms with Crippen LogP contribution in [0.5, 0.6) is 0 Å². The van der Waals surface area contributed by atoms with Crippen LogP contribution in [0.25, 0.3) is 5.69 Å². The van der Waals surface area contributed by atoms with Crippen molar-refractivity contribution < 1.29 is 9.18 Å². The molecule has 0 fully saturated rings. The summed E-state index contributed by atoms with van der Waals surface area (Å²) in [7, 11) is 0. The molecule has 1 heterocycles. The van der Waals surface area contributed by atoms with Crippen LogP contribution in [-0.2, 0) is 19.3 Å². The van der Waals surface area contributed by atoms with Crippen LogP contribution in [-0.4, -0.2) is 22.2 Å². The van der Waals surface area contributed by atoms with Crippen LogP contribution in [0.2, 0.25) is 5.02 Å². The van der Waals surface area contributed by atoms with Gasteiger partial charge in [-0.1, -0.05) is 35.9 Å². The molecule has 0 atom stereocenters. The molecule has 1 amide bonds. The third-order valence-electron chi connectivity index (χ3n) is 4.81. The number of carbonyl (C=O) groups excluding carboxylic acids is 1. The third kappa shape index (κ3) is 3.60. The summed E-state index contributed by atoms with van der Waals surface area (Å²) in [5, 5.41) is 8.05. The van der Waals surface area contributed by atoms with Crippen LogP contribution < -0.4 is 5.32 Å². The molecule has 2 aromatic carbocycles. The monoisotopic (exact) mass is 383 g/mol. The van der Waals surface area contributed by atoms with E-state index < -0.39 is 0 Å². The minimum absolute atomic E-state index is 0.217. The summed E-state index contributed by atoms with van der Waals surface area (Å²) in [6, 6.07) is 14.1. The van der Waals surface area contributed by atoms with Crippen molar-refractivity contribution in [3.05, 3.63) is 81.9 Å². The third-order valence-corrected chi connectivity index (χ3v) is 5.05. The Morgan fingerprint density at radius 3 is 2.85 bits per heavy atom. The van der Waals surface area contributed by atoms with E-state index in [1.807, 2.05) is 24.3 Å². The molecule has 0 bridgehead atoms. The average Bonchev–Trinajstić information content (AvgIpc) is 3.25. The van der Waals surface area contributed by atoms with E-state index in [1.165, 1.54) is 6.07 Å². The van der Waals surface area contributed by atoms with Gasteiger partial charge < -0.3 is 5.32 Å². The average molecular weight is 384 g/mol. The van der Waals surface area contributed by atoms with Crippen molar-refractivity contribution in [2.75, 3.05) is 6.54 Å². The van der Waals surface area contributed by atoms with E-state index in [-0.39, 0.29) is 11.7 Å². The maximum absolute atomic E-state index is 14.2. The first kappa shape index (κ1) is 17.7. The molecule has 138 valence electrons. The van der Waals surface area contributed by atoms with Crippen molar-refractivity contribution in [2.24, 2.45) is 0 Å². The van der Waals surface area contributed by atoms with E-state index in [0.29, 0.717) is 29.4 Å². The number of halogens is 2. The molecule has 0 saturated carbocycles. The van der Waals surface area contributed by atoms with Crippen LogP contribution in [0, 0.1) is 5.82 Å². The van der Waals surface area contributed by atoms with Gasteiger partial charge in [-0.05, 0) is 55.5 Å². The Labute approximate surface area is 162 Å². The Kier molecular flexibility index (Phi) is 4.94.